The zero-order valence-corrected chi connectivity index (χ0v) is 16.1. The van der Waals surface area contributed by atoms with Gasteiger partial charge in [0.25, 0.3) is 0 Å². The summed E-state index contributed by atoms with van der Waals surface area (Å²) in [5, 5.41) is 28.5. The van der Waals surface area contributed by atoms with Gasteiger partial charge in [-0.3, -0.25) is 9.97 Å². The normalized spacial score (nSPS) is 22.2. The minimum absolute atomic E-state index is 0.0791. The molecule has 0 aliphatic heterocycles. The minimum atomic E-state index is -0.593. The van der Waals surface area contributed by atoms with Crippen LogP contribution in [0.5, 0.6) is 5.88 Å². The van der Waals surface area contributed by atoms with Crippen LogP contribution in [0.2, 0.25) is 0 Å². The molecule has 1 aromatic carbocycles. The summed E-state index contributed by atoms with van der Waals surface area (Å²) < 4.78 is 1.64. The van der Waals surface area contributed by atoms with Crippen molar-refractivity contribution < 1.29 is 10.2 Å². The first kappa shape index (κ1) is 17.8. The lowest BCUT2D eigenvalue weighted by molar-refractivity contribution is 0.0195. The molecule has 3 heterocycles. The van der Waals surface area contributed by atoms with Crippen molar-refractivity contribution in [1.82, 2.24) is 24.6 Å². The van der Waals surface area contributed by atoms with Crippen molar-refractivity contribution in [3.05, 3.63) is 42.9 Å². The third-order valence-electron chi connectivity index (χ3n) is 5.67. The summed E-state index contributed by atoms with van der Waals surface area (Å²) in [5.41, 5.74) is 3.30. The molecule has 8 nitrogen and oxygen atoms in total. The van der Waals surface area contributed by atoms with Crippen LogP contribution < -0.4 is 5.32 Å². The molecule has 0 atom stereocenters. The second kappa shape index (κ2) is 6.66. The van der Waals surface area contributed by atoms with Gasteiger partial charge in [0.2, 0.25) is 11.8 Å². The highest BCUT2D eigenvalue weighted by Crippen LogP contribution is 2.33. The molecule has 1 saturated carbocycles. The topological polar surface area (TPSA) is 108 Å². The minimum Gasteiger partial charge on any atom is -0.492 e. The average Bonchev–Trinajstić information content (AvgIpc) is 3.14. The highest BCUT2D eigenvalue weighted by atomic mass is 16.3. The molecule has 29 heavy (non-hydrogen) atoms. The first-order chi connectivity index (χ1) is 14.0. The summed E-state index contributed by atoms with van der Waals surface area (Å²) in [4.78, 5) is 12.9. The largest absolute Gasteiger partial charge is 0.492 e. The van der Waals surface area contributed by atoms with Gasteiger partial charge in [0.1, 0.15) is 5.52 Å². The quantitative estimate of drug-likeness (QED) is 0.493. The summed E-state index contributed by atoms with van der Waals surface area (Å²) in [6.45, 7) is 1.87. The molecule has 0 amide bonds. The maximum absolute atomic E-state index is 10.6. The lowest BCUT2D eigenvalue weighted by atomic mass is 9.84. The molecule has 1 aliphatic rings. The van der Waals surface area contributed by atoms with Crippen LogP contribution in [0.25, 0.3) is 27.7 Å². The summed E-state index contributed by atoms with van der Waals surface area (Å²) in [6, 6.07) is 7.89. The lowest BCUT2D eigenvalue weighted by Gasteiger charge is -2.33. The molecule has 0 spiro atoms. The summed E-state index contributed by atoms with van der Waals surface area (Å²) in [5.74, 6) is 0.303. The first-order valence-electron chi connectivity index (χ1n) is 9.77. The van der Waals surface area contributed by atoms with Crippen LogP contribution >= 0.6 is 0 Å². The molecule has 4 aromatic rings. The van der Waals surface area contributed by atoms with Gasteiger partial charge in [-0.25, -0.2) is 4.52 Å². The van der Waals surface area contributed by atoms with E-state index in [4.69, 9.17) is 0 Å². The second-order valence-corrected chi connectivity index (χ2v) is 7.96. The van der Waals surface area contributed by atoms with E-state index in [1.807, 2.05) is 37.4 Å². The van der Waals surface area contributed by atoms with Gasteiger partial charge in [-0.2, -0.15) is 4.98 Å². The second-order valence-electron chi connectivity index (χ2n) is 7.96. The van der Waals surface area contributed by atoms with Gasteiger partial charge < -0.3 is 15.5 Å². The zero-order valence-electron chi connectivity index (χ0n) is 16.1. The number of nitrogens with zero attached hydrogens (tertiary/aromatic N) is 5. The number of aromatic hydroxyl groups is 1. The van der Waals surface area contributed by atoms with E-state index < -0.39 is 5.60 Å². The van der Waals surface area contributed by atoms with Gasteiger partial charge in [-0.15, -0.1) is 5.10 Å². The monoisotopic (exact) mass is 390 g/mol. The van der Waals surface area contributed by atoms with Gasteiger partial charge in [0.15, 0.2) is 0 Å². The number of fused-ring (bicyclic) bond motifs is 2. The van der Waals surface area contributed by atoms with E-state index in [0.717, 1.165) is 47.8 Å². The van der Waals surface area contributed by atoms with Gasteiger partial charge in [-0.1, -0.05) is 6.07 Å². The smallest absolute Gasteiger partial charge is 0.244 e. The van der Waals surface area contributed by atoms with Gasteiger partial charge in [-0.05, 0) is 56.4 Å². The maximum atomic E-state index is 10.6. The van der Waals surface area contributed by atoms with Crippen molar-refractivity contribution in [3.63, 3.8) is 0 Å². The maximum Gasteiger partial charge on any atom is 0.244 e. The number of aliphatic hydroxyl groups is 1. The Balaban J connectivity index is 1.46. The van der Waals surface area contributed by atoms with Crippen LogP contribution in [0.15, 0.2) is 42.9 Å². The van der Waals surface area contributed by atoms with Gasteiger partial charge in [0.05, 0.1) is 16.6 Å². The van der Waals surface area contributed by atoms with Gasteiger partial charge >= 0.3 is 0 Å². The van der Waals surface area contributed by atoms with E-state index in [0.29, 0.717) is 11.5 Å². The Morgan fingerprint density at radius 1 is 1.10 bits per heavy atom. The first-order valence-corrected chi connectivity index (χ1v) is 9.77. The molecule has 3 N–H and O–H groups in total. The number of rotatable bonds is 3. The van der Waals surface area contributed by atoms with E-state index >= 15 is 0 Å². The number of hydrogen-bond acceptors (Lipinski definition) is 7. The van der Waals surface area contributed by atoms with Crippen molar-refractivity contribution >= 4 is 22.5 Å². The lowest BCUT2D eigenvalue weighted by Crippen LogP contribution is -2.36. The number of hydrogen-bond donors (Lipinski definition) is 3. The SMILES string of the molecule is C[C@]1(O)CC[C@H](Nc2nc(O)c3c(-c4ccc5nccnc5c4)ccn3n2)CC1. The fourth-order valence-electron chi connectivity index (χ4n) is 4.00. The van der Waals surface area contributed by atoms with E-state index in [2.05, 4.69) is 25.4 Å². The zero-order chi connectivity index (χ0) is 20.0. The molecule has 0 radical (unpaired) electrons. The van der Waals surface area contributed by atoms with Crippen molar-refractivity contribution in [2.45, 2.75) is 44.2 Å². The van der Waals surface area contributed by atoms with Crippen LogP contribution in [-0.4, -0.2) is 46.4 Å². The number of nitrogens with one attached hydrogen (secondary N) is 1. The fraction of sp³-hybridized carbons (Fsp3) is 0.333. The highest BCUT2D eigenvalue weighted by molar-refractivity contribution is 5.89. The molecule has 0 bridgehead atoms. The standard InChI is InChI=1S/C21H22N6O2/c1-21(29)7-4-14(5-8-21)24-20-25-19(28)18-15(6-11-27(18)26-20)13-2-3-16-17(12-13)23-10-9-22-16/h2-3,6,9-12,14,29H,4-5,7-8H2,1H3,(H2,24,25,26,28)/t14-,21-. The molecule has 8 heteroatoms. The van der Waals surface area contributed by atoms with E-state index in [-0.39, 0.29) is 11.9 Å². The molecular weight excluding hydrogens is 368 g/mol. The third-order valence-corrected chi connectivity index (χ3v) is 5.67. The Bertz CT molecular complexity index is 1190. The molecule has 1 aliphatic carbocycles. The predicted molar refractivity (Wildman–Crippen MR) is 110 cm³/mol. The fourth-order valence-corrected chi connectivity index (χ4v) is 4.00. The number of benzene rings is 1. The van der Waals surface area contributed by atoms with Crippen LogP contribution in [0.1, 0.15) is 32.6 Å². The van der Waals surface area contributed by atoms with Crippen LogP contribution in [0, 0.1) is 0 Å². The van der Waals surface area contributed by atoms with Crippen molar-refractivity contribution in [1.29, 1.82) is 0 Å². The Labute approximate surface area is 167 Å². The van der Waals surface area contributed by atoms with Crippen LogP contribution in [0.4, 0.5) is 5.95 Å². The van der Waals surface area contributed by atoms with Crippen LogP contribution in [0.3, 0.4) is 0 Å². The summed E-state index contributed by atoms with van der Waals surface area (Å²) >= 11 is 0. The molecule has 5 rings (SSSR count). The Morgan fingerprint density at radius 3 is 2.66 bits per heavy atom. The Kier molecular flexibility index (Phi) is 4.09. The third kappa shape index (κ3) is 3.36. The Hall–Kier alpha value is -3.26. The van der Waals surface area contributed by atoms with E-state index in [9.17, 15) is 10.2 Å². The van der Waals surface area contributed by atoms with E-state index in [1.165, 1.54) is 0 Å². The molecule has 3 aromatic heterocycles. The van der Waals surface area contributed by atoms with Crippen molar-refractivity contribution in [2.75, 3.05) is 5.32 Å². The number of aromatic nitrogens is 5. The highest BCUT2D eigenvalue weighted by Gasteiger charge is 2.29. The van der Waals surface area contributed by atoms with Gasteiger partial charge in [0, 0.05) is 30.2 Å². The summed E-state index contributed by atoms with van der Waals surface area (Å²) in [7, 11) is 0. The van der Waals surface area contributed by atoms with Crippen molar-refractivity contribution in [3.8, 4) is 17.0 Å². The molecule has 1 fully saturated rings. The number of anilines is 1. The molecule has 148 valence electrons. The summed E-state index contributed by atoms with van der Waals surface area (Å²) in [6.07, 6.45) is 8.28. The molecule has 0 unspecified atom stereocenters. The van der Waals surface area contributed by atoms with Crippen molar-refractivity contribution in [2.24, 2.45) is 0 Å². The molecule has 0 saturated heterocycles. The Morgan fingerprint density at radius 2 is 1.86 bits per heavy atom. The van der Waals surface area contributed by atoms with Crippen LogP contribution in [-0.2, 0) is 0 Å². The van der Waals surface area contributed by atoms with E-state index in [1.54, 1.807) is 16.9 Å². The average molecular weight is 390 g/mol. The molecular formula is C21H22N6O2. The predicted octanol–water partition coefficient (Wildman–Crippen LogP) is 3.15.